The lowest BCUT2D eigenvalue weighted by atomic mass is 9.86. The van der Waals surface area contributed by atoms with Crippen LogP contribution in [0.15, 0.2) is 22.7 Å². The lowest BCUT2D eigenvalue weighted by molar-refractivity contribution is 0.0772. The van der Waals surface area contributed by atoms with Crippen LogP contribution < -0.4 is 10.1 Å². The Hall–Kier alpha value is -0.780. The second-order valence-electron chi connectivity index (χ2n) is 5.75. The van der Waals surface area contributed by atoms with Gasteiger partial charge < -0.3 is 15.0 Å². The summed E-state index contributed by atoms with van der Waals surface area (Å²) in [6.45, 7) is 3.82. The van der Waals surface area contributed by atoms with Gasteiger partial charge in [0.2, 0.25) is 0 Å². The Kier molecular flexibility index (Phi) is 5.17. The first-order valence-corrected chi connectivity index (χ1v) is 7.76. The number of amides is 1. The van der Waals surface area contributed by atoms with E-state index in [-0.39, 0.29) is 18.3 Å². The van der Waals surface area contributed by atoms with Crippen LogP contribution in [-0.2, 0) is 0 Å². The minimum Gasteiger partial charge on any atom is -0.496 e. The number of rotatable bonds is 2. The summed E-state index contributed by atoms with van der Waals surface area (Å²) in [5.41, 5.74) is 0.955. The van der Waals surface area contributed by atoms with E-state index in [0.29, 0.717) is 16.7 Å². The van der Waals surface area contributed by atoms with Crippen LogP contribution in [0.1, 0.15) is 23.2 Å². The fourth-order valence-corrected chi connectivity index (χ4v) is 3.60. The summed E-state index contributed by atoms with van der Waals surface area (Å²) in [5, 5.41) is 3.42. The van der Waals surface area contributed by atoms with Crippen molar-refractivity contribution in [3.8, 4) is 5.75 Å². The molecule has 0 saturated carbocycles. The molecule has 1 N–H and O–H groups in total. The highest BCUT2D eigenvalue weighted by molar-refractivity contribution is 9.10. The van der Waals surface area contributed by atoms with E-state index in [1.165, 1.54) is 6.42 Å². The van der Waals surface area contributed by atoms with Crippen LogP contribution >= 0.6 is 28.3 Å². The molecule has 1 aromatic carbocycles. The standard InChI is InChI=1S/C15H19BrN2O2.ClH/c1-20-13-8-11(16)2-3-12(13)14(19)18-7-5-15(10-18)4-6-17-9-15;/h2-3,8,17H,4-7,9-10H2,1H3;1H. The van der Waals surface area contributed by atoms with E-state index in [1.54, 1.807) is 7.11 Å². The normalized spacial score (nSPS) is 24.2. The topological polar surface area (TPSA) is 41.6 Å². The number of methoxy groups -OCH3 is 1. The van der Waals surface area contributed by atoms with Gasteiger partial charge in [-0.05, 0) is 37.6 Å². The molecule has 0 bridgehead atoms. The number of nitrogens with zero attached hydrogens (tertiary/aromatic N) is 1. The van der Waals surface area contributed by atoms with Crippen molar-refractivity contribution in [2.24, 2.45) is 5.41 Å². The zero-order chi connectivity index (χ0) is 14.2. The maximum atomic E-state index is 12.7. The predicted molar refractivity (Wildman–Crippen MR) is 88.4 cm³/mol. The van der Waals surface area contributed by atoms with Gasteiger partial charge in [-0.25, -0.2) is 0 Å². The van der Waals surface area contributed by atoms with Crippen molar-refractivity contribution < 1.29 is 9.53 Å². The third-order valence-electron chi connectivity index (χ3n) is 4.45. The third-order valence-corrected chi connectivity index (χ3v) is 4.94. The summed E-state index contributed by atoms with van der Waals surface area (Å²) < 4.78 is 6.25. The molecule has 2 heterocycles. The highest BCUT2D eigenvalue weighted by Gasteiger charge is 2.42. The van der Waals surface area contributed by atoms with Gasteiger partial charge in [0, 0.05) is 29.5 Å². The minimum atomic E-state index is 0. The van der Waals surface area contributed by atoms with Gasteiger partial charge in [0.1, 0.15) is 5.75 Å². The Bertz CT molecular complexity index is 532. The molecule has 3 rings (SSSR count). The average Bonchev–Trinajstić information content (AvgIpc) is 3.09. The second kappa shape index (κ2) is 6.55. The van der Waals surface area contributed by atoms with Crippen LogP contribution in [0, 0.1) is 5.41 Å². The van der Waals surface area contributed by atoms with Crippen molar-refractivity contribution in [2.75, 3.05) is 33.3 Å². The molecule has 1 aromatic rings. The number of benzene rings is 1. The van der Waals surface area contributed by atoms with E-state index >= 15 is 0 Å². The van der Waals surface area contributed by atoms with Crippen molar-refractivity contribution in [2.45, 2.75) is 12.8 Å². The molecule has 2 aliphatic rings. The summed E-state index contributed by atoms with van der Waals surface area (Å²) in [7, 11) is 1.60. The minimum absolute atomic E-state index is 0. The Morgan fingerprint density at radius 1 is 1.43 bits per heavy atom. The van der Waals surface area contributed by atoms with Gasteiger partial charge in [-0.3, -0.25) is 4.79 Å². The van der Waals surface area contributed by atoms with Crippen molar-refractivity contribution in [1.29, 1.82) is 0 Å². The monoisotopic (exact) mass is 374 g/mol. The molecule has 1 atom stereocenters. The van der Waals surface area contributed by atoms with Crippen molar-refractivity contribution in [1.82, 2.24) is 10.2 Å². The highest BCUT2D eigenvalue weighted by Crippen LogP contribution is 2.37. The molecule has 1 spiro atoms. The molecule has 0 aromatic heterocycles. The predicted octanol–water partition coefficient (Wildman–Crippen LogP) is 2.71. The van der Waals surface area contributed by atoms with E-state index in [2.05, 4.69) is 21.2 Å². The number of ether oxygens (including phenoxy) is 1. The summed E-state index contributed by atoms with van der Waals surface area (Å²) >= 11 is 3.41. The number of halogens is 2. The van der Waals surface area contributed by atoms with E-state index in [0.717, 1.165) is 37.1 Å². The molecule has 0 radical (unpaired) electrons. The van der Waals surface area contributed by atoms with Gasteiger partial charge in [-0.2, -0.15) is 0 Å². The maximum absolute atomic E-state index is 12.7. The zero-order valence-corrected chi connectivity index (χ0v) is 14.4. The van der Waals surface area contributed by atoms with E-state index in [9.17, 15) is 4.79 Å². The van der Waals surface area contributed by atoms with Crippen LogP contribution in [0.5, 0.6) is 5.75 Å². The fourth-order valence-electron chi connectivity index (χ4n) is 3.26. The quantitative estimate of drug-likeness (QED) is 0.864. The molecule has 4 nitrogen and oxygen atoms in total. The molecule has 2 saturated heterocycles. The van der Waals surface area contributed by atoms with Crippen LogP contribution in [0.25, 0.3) is 0 Å². The van der Waals surface area contributed by atoms with Crippen LogP contribution in [0.3, 0.4) is 0 Å². The summed E-state index contributed by atoms with van der Waals surface area (Å²) in [5.74, 6) is 0.716. The largest absolute Gasteiger partial charge is 0.496 e. The molecule has 1 unspecified atom stereocenters. The fraction of sp³-hybridized carbons (Fsp3) is 0.533. The first-order valence-electron chi connectivity index (χ1n) is 6.97. The molecule has 21 heavy (non-hydrogen) atoms. The summed E-state index contributed by atoms with van der Waals surface area (Å²) in [6, 6.07) is 5.57. The third kappa shape index (κ3) is 3.20. The van der Waals surface area contributed by atoms with E-state index < -0.39 is 0 Å². The van der Waals surface area contributed by atoms with Crippen LogP contribution in [-0.4, -0.2) is 44.1 Å². The molecule has 2 aliphatic heterocycles. The number of hydrogen-bond acceptors (Lipinski definition) is 3. The first-order chi connectivity index (χ1) is 9.63. The Balaban J connectivity index is 0.00000161. The van der Waals surface area contributed by atoms with Gasteiger partial charge in [0.05, 0.1) is 12.7 Å². The zero-order valence-electron chi connectivity index (χ0n) is 12.0. The molecule has 0 aliphatic carbocycles. The van der Waals surface area contributed by atoms with E-state index in [4.69, 9.17) is 4.74 Å². The van der Waals surface area contributed by atoms with Crippen LogP contribution in [0.4, 0.5) is 0 Å². The molecule has 6 heteroatoms. The van der Waals surface area contributed by atoms with Gasteiger partial charge in [-0.15, -0.1) is 12.4 Å². The van der Waals surface area contributed by atoms with Gasteiger partial charge >= 0.3 is 0 Å². The number of carbonyl (C=O) groups is 1. The van der Waals surface area contributed by atoms with Crippen molar-refractivity contribution >= 4 is 34.2 Å². The molecule has 116 valence electrons. The number of likely N-dealkylation sites (tertiary alicyclic amines) is 1. The highest BCUT2D eigenvalue weighted by atomic mass is 79.9. The lowest BCUT2D eigenvalue weighted by Gasteiger charge is -2.23. The van der Waals surface area contributed by atoms with Crippen molar-refractivity contribution in [3.05, 3.63) is 28.2 Å². The van der Waals surface area contributed by atoms with Gasteiger partial charge in [0.15, 0.2) is 0 Å². The Morgan fingerprint density at radius 3 is 2.90 bits per heavy atom. The smallest absolute Gasteiger partial charge is 0.257 e. The van der Waals surface area contributed by atoms with Gasteiger partial charge in [-0.1, -0.05) is 15.9 Å². The van der Waals surface area contributed by atoms with Crippen molar-refractivity contribution in [3.63, 3.8) is 0 Å². The second-order valence-corrected chi connectivity index (χ2v) is 6.66. The first kappa shape index (κ1) is 16.6. The Labute approximate surface area is 139 Å². The summed E-state index contributed by atoms with van der Waals surface area (Å²) in [4.78, 5) is 14.7. The van der Waals surface area contributed by atoms with E-state index in [1.807, 2.05) is 23.1 Å². The number of nitrogens with one attached hydrogen (secondary N) is 1. The molecule has 2 fully saturated rings. The average molecular weight is 376 g/mol. The lowest BCUT2D eigenvalue weighted by Crippen LogP contribution is -2.33. The van der Waals surface area contributed by atoms with Crippen LogP contribution in [0.2, 0.25) is 0 Å². The SMILES string of the molecule is COc1cc(Br)ccc1C(=O)N1CCC2(CCNC2)C1.Cl. The molecular weight excluding hydrogens is 356 g/mol. The molecule has 1 amide bonds. The summed E-state index contributed by atoms with van der Waals surface area (Å²) in [6.07, 6.45) is 2.28. The maximum Gasteiger partial charge on any atom is 0.257 e. The van der Waals surface area contributed by atoms with Gasteiger partial charge in [0.25, 0.3) is 5.91 Å². The molecular formula is C15H20BrClN2O2. The number of carbonyl (C=O) groups excluding carboxylic acids is 1. The number of hydrogen-bond donors (Lipinski definition) is 1. The Morgan fingerprint density at radius 2 is 2.24 bits per heavy atom.